The largest absolute Gasteiger partial charge is 0.489 e. The summed E-state index contributed by atoms with van der Waals surface area (Å²) in [5.74, 6) is -1.90. The molecule has 5 heterocycles. The minimum atomic E-state index is -1.25. The highest BCUT2D eigenvalue weighted by Crippen LogP contribution is 2.58. The van der Waals surface area contributed by atoms with Gasteiger partial charge >= 0.3 is 0 Å². The van der Waals surface area contributed by atoms with E-state index in [1.54, 1.807) is 24.3 Å². The molecular weight excluding hydrogens is 815 g/mol. The maximum absolute atomic E-state index is 16.2. The lowest BCUT2D eigenvalue weighted by Gasteiger charge is -2.65. The van der Waals surface area contributed by atoms with Crippen molar-refractivity contribution in [3.8, 4) is 11.8 Å². The van der Waals surface area contributed by atoms with Gasteiger partial charge in [0, 0.05) is 74.3 Å². The number of nitrogens with zero attached hydrogens (tertiary/aromatic N) is 7. The summed E-state index contributed by atoms with van der Waals surface area (Å²) in [6.45, 7) is 15.6. The quantitative estimate of drug-likeness (QED) is 0.263. The summed E-state index contributed by atoms with van der Waals surface area (Å²) in [7, 11) is 0. The van der Waals surface area contributed by atoms with Gasteiger partial charge in [-0.2, -0.15) is 5.26 Å². The molecule has 326 valence electrons. The van der Waals surface area contributed by atoms with Crippen LogP contribution in [0.5, 0.6) is 5.75 Å². The Morgan fingerprint density at radius 3 is 2.16 bits per heavy atom. The summed E-state index contributed by atoms with van der Waals surface area (Å²) >= 11 is 6.28. The second-order valence-electron chi connectivity index (χ2n) is 18.8. The summed E-state index contributed by atoms with van der Waals surface area (Å²) in [5, 5.41) is 9.54. The fraction of sp³-hybridized carbons (Fsp3) is 0.500. The van der Waals surface area contributed by atoms with E-state index in [0.717, 1.165) is 49.3 Å². The first-order valence-corrected chi connectivity index (χ1v) is 21.7. The van der Waals surface area contributed by atoms with E-state index in [9.17, 15) is 29.2 Å². The fourth-order valence-electron chi connectivity index (χ4n) is 11.4. The number of imide groups is 2. The number of anilines is 2. The zero-order valence-corrected chi connectivity index (χ0v) is 36.6. The van der Waals surface area contributed by atoms with E-state index < -0.39 is 64.4 Å². The Morgan fingerprint density at radius 2 is 1.58 bits per heavy atom. The first-order chi connectivity index (χ1) is 29.3. The van der Waals surface area contributed by atoms with Crippen molar-refractivity contribution in [2.24, 2.45) is 22.5 Å². The van der Waals surface area contributed by atoms with Crippen molar-refractivity contribution in [1.29, 1.82) is 5.26 Å². The lowest BCUT2D eigenvalue weighted by atomic mass is 9.48. The van der Waals surface area contributed by atoms with Crippen LogP contribution in [-0.4, -0.2) is 112 Å². The number of piperidine rings is 2. The van der Waals surface area contributed by atoms with Gasteiger partial charge in [-0.3, -0.25) is 38.7 Å². The molecular formula is C46H52ClFN8O6. The Hall–Kier alpha value is -5.59. The van der Waals surface area contributed by atoms with E-state index in [1.165, 1.54) is 17.2 Å². The molecule has 62 heavy (non-hydrogen) atoms. The van der Waals surface area contributed by atoms with Crippen molar-refractivity contribution in [3.63, 3.8) is 0 Å². The maximum atomic E-state index is 16.2. The topological polar surface area (TPSA) is 173 Å². The van der Waals surface area contributed by atoms with Crippen molar-refractivity contribution >= 4 is 52.6 Å². The van der Waals surface area contributed by atoms with E-state index in [4.69, 9.17) is 22.1 Å². The molecule has 0 radical (unpaired) electrons. The van der Waals surface area contributed by atoms with Gasteiger partial charge in [-0.15, -0.1) is 0 Å². The van der Waals surface area contributed by atoms with Crippen molar-refractivity contribution < 1.29 is 33.1 Å². The number of nitriles is 1. The number of piperazine rings is 1. The second kappa shape index (κ2) is 16.0. The number of hydrogen-bond acceptors (Lipinski definition) is 11. The molecule has 1 aromatic heterocycles. The van der Waals surface area contributed by atoms with Crippen LogP contribution >= 0.6 is 11.6 Å². The van der Waals surface area contributed by atoms with Crippen molar-refractivity contribution in [1.82, 2.24) is 19.7 Å². The van der Waals surface area contributed by atoms with Crippen molar-refractivity contribution in [3.05, 3.63) is 81.8 Å². The van der Waals surface area contributed by atoms with Crippen LogP contribution in [0.25, 0.3) is 0 Å². The summed E-state index contributed by atoms with van der Waals surface area (Å²) < 4.78 is 22.6. The molecule has 3 saturated heterocycles. The van der Waals surface area contributed by atoms with Crippen LogP contribution in [0.1, 0.15) is 104 Å². The molecule has 4 fully saturated rings. The molecule has 2 aromatic carbocycles. The number of nitrogens with two attached hydrogens (primary N) is 1. The molecule has 14 nitrogen and oxygen atoms in total. The normalized spacial score (nSPS) is 26.3. The van der Waals surface area contributed by atoms with E-state index in [0.29, 0.717) is 35.9 Å². The Morgan fingerprint density at radius 1 is 0.935 bits per heavy atom. The molecule has 3 atom stereocenters. The van der Waals surface area contributed by atoms with Gasteiger partial charge in [0.05, 0.1) is 39.0 Å². The predicted octanol–water partition coefficient (Wildman–Crippen LogP) is 5.66. The molecule has 0 spiro atoms. The summed E-state index contributed by atoms with van der Waals surface area (Å²) in [5.41, 5.74) is 4.70. The maximum Gasteiger partial charge on any atom is 0.262 e. The number of aromatic nitrogens is 1. The lowest BCUT2D eigenvalue weighted by molar-refractivity contribution is -0.216. The van der Waals surface area contributed by atoms with E-state index in [1.807, 2.05) is 58.6 Å². The van der Waals surface area contributed by atoms with Gasteiger partial charge in [0.1, 0.15) is 35.6 Å². The van der Waals surface area contributed by atoms with Crippen LogP contribution in [0.15, 0.2) is 48.7 Å². The van der Waals surface area contributed by atoms with Crippen LogP contribution in [0, 0.1) is 33.9 Å². The van der Waals surface area contributed by atoms with Gasteiger partial charge in [-0.05, 0) is 75.4 Å². The summed E-state index contributed by atoms with van der Waals surface area (Å²) in [4.78, 5) is 81.0. The predicted molar refractivity (Wildman–Crippen MR) is 229 cm³/mol. The van der Waals surface area contributed by atoms with Gasteiger partial charge in [-0.1, -0.05) is 39.3 Å². The number of primary amides is 1. The Balaban J connectivity index is 0.934. The van der Waals surface area contributed by atoms with Gasteiger partial charge < -0.3 is 20.3 Å². The molecule has 8 rings (SSSR count). The molecule has 5 amide bonds. The monoisotopic (exact) mass is 866 g/mol. The number of ether oxygens (including phenoxy) is 1. The fourth-order valence-corrected chi connectivity index (χ4v) is 11.6. The molecule has 4 aliphatic heterocycles. The number of amides is 5. The zero-order chi connectivity index (χ0) is 44.6. The number of likely N-dealkylation sites (tertiary alicyclic amines) is 1. The van der Waals surface area contributed by atoms with Gasteiger partial charge in [0.2, 0.25) is 11.8 Å². The Kier molecular flexibility index (Phi) is 11.1. The molecule has 16 heteroatoms. The second-order valence-corrected chi connectivity index (χ2v) is 19.2. The lowest BCUT2D eigenvalue weighted by Crippen LogP contribution is -2.77. The van der Waals surface area contributed by atoms with Crippen molar-refractivity contribution in [2.45, 2.75) is 97.5 Å². The number of fused-ring (bicyclic) bond motifs is 1. The highest BCUT2D eigenvalue weighted by Gasteiger charge is 2.68. The standard InChI is InChI=1S/C46H52ClFN8O6/c1-25-22-52(24-27-13-15-53(16-14-27)37-11-8-29(21-51-37)39(50)58)23-26(2)54(25)36-19-32-31(18-34(36)48)40(59)55(41(32)60)35-10-12-38(57)56(42(35)61)43-45(3,4)44(46(43,5)6)62-30-9-7-28(20-49)33(47)17-30/h7-9,11,17-19,21,25-27,35,43-44H,10,12-16,22-24H2,1-6H3,(H2,50,58)/t25-,26-,35-,43?,44?/m1/s1. The Bertz CT molecular complexity index is 2370. The van der Waals surface area contributed by atoms with Crippen LogP contribution in [0.3, 0.4) is 0 Å². The summed E-state index contributed by atoms with van der Waals surface area (Å²) in [6.07, 6.45) is 2.88. The number of carbonyl (C=O) groups excluding carboxylic acids is 5. The number of hydrogen-bond donors (Lipinski definition) is 1. The van der Waals surface area contributed by atoms with Crippen LogP contribution in [0.2, 0.25) is 5.02 Å². The molecule has 0 unspecified atom stereocenters. The smallest absolute Gasteiger partial charge is 0.262 e. The number of rotatable bonds is 9. The molecule has 1 saturated carbocycles. The van der Waals surface area contributed by atoms with Gasteiger partial charge in [0.25, 0.3) is 17.7 Å². The third-order valence-corrected chi connectivity index (χ3v) is 14.1. The minimum absolute atomic E-state index is 0.0360. The minimum Gasteiger partial charge on any atom is -0.489 e. The van der Waals surface area contributed by atoms with Crippen LogP contribution in [0.4, 0.5) is 15.9 Å². The third kappa shape index (κ3) is 7.24. The highest BCUT2D eigenvalue weighted by atomic mass is 35.5. The third-order valence-electron chi connectivity index (χ3n) is 13.8. The average Bonchev–Trinajstić information content (AvgIpc) is 3.45. The first-order valence-electron chi connectivity index (χ1n) is 21.3. The highest BCUT2D eigenvalue weighted by molar-refractivity contribution is 6.31. The van der Waals surface area contributed by atoms with E-state index >= 15 is 4.39 Å². The number of halogens is 2. The van der Waals surface area contributed by atoms with Crippen LogP contribution < -0.4 is 20.3 Å². The molecule has 2 N–H and O–H groups in total. The van der Waals surface area contributed by atoms with E-state index in [2.05, 4.69) is 14.8 Å². The van der Waals surface area contributed by atoms with Crippen LogP contribution in [-0.2, 0) is 9.59 Å². The number of benzene rings is 2. The zero-order valence-electron chi connectivity index (χ0n) is 35.9. The molecule has 0 bridgehead atoms. The Labute approximate surface area is 365 Å². The first kappa shape index (κ1) is 43.1. The van der Waals surface area contributed by atoms with Crippen molar-refractivity contribution in [2.75, 3.05) is 42.5 Å². The summed E-state index contributed by atoms with van der Waals surface area (Å²) in [6, 6.07) is 10.8. The SMILES string of the molecule is C[C@@H]1CN(CC2CCN(c3ccc(C(N)=O)cn3)CC2)C[C@@H](C)N1c1cc2c(cc1F)C(=O)N([C@@H]1CCC(=O)N(C3C(C)(C)C(Oc4ccc(C#N)c(Cl)c4)C3(C)C)C1=O)C2=O. The van der Waals surface area contributed by atoms with Gasteiger partial charge in [-0.25, -0.2) is 9.37 Å². The molecule has 1 aliphatic carbocycles. The molecule has 5 aliphatic rings. The van der Waals surface area contributed by atoms with Gasteiger partial charge in [0.15, 0.2) is 0 Å². The molecule has 3 aromatic rings. The van der Waals surface area contributed by atoms with E-state index in [-0.39, 0.29) is 46.8 Å². The number of pyridine rings is 1. The average molecular weight is 867 g/mol. The number of carbonyl (C=O) groups is 5.